The van der Waals surface area contributed by atoms with Crippen LogP contribution in [0.5, 0.6) is 5.75 Å². The summed E-state index contributed by atoms with van der Waals surface area (Å²) in [4.78, 5) is 12.7. The van der Waals surface area contributed by atoms with E-state index in [0.717, 1.165) is 19.3 Å². The summed E-state index contributed by atoms with van der Waals surface area (Å²) < 4.78 is 38.8. The molecule has 194 valence electrons. The number of anilines is 1. The summed E-state index contributed by atoms with van der Waals surface area (Å²) in [6.07, 6.45) is 2.50. The number of sulfonamides is 1. The number of ether oxygens (including phenoxy) is 2. The fourth-order valence-corrected chi connectivity index (χ4v) is 5.06. The minimum absolute atomic E-state index is 0.0833. The average Bonchev–Trinajstić information content (AvgIpc) is 3.43. The Hall–Kier alpha value is -3.31. The van der Waals surface area contributed by atoms with Gasteiger partial charge in [0.05, 0.1) is 17.6 Å². The van der Waals surface area contributed by atoms with Crippen LogP contribution in [0.4, 0.5) is 5.69 Å². The Morgan fingerprint density at radius 3 is 2.41 bits per heavy atom. The van der Waals surface area contributed by atoms with Crippen LogP contribution in [0.2, 0.25) is 0 Å². The molecule has 0 saturated carbocycles. The molecule has 0 aliphatic carbocycles. The first-order chi connectivity index (χ1) is 17.9. The monoisotopic (exact) mass is 539 g/mol. The maximum atomic E-state index is 12.5. The van der Waals surface area contributed by atoms with Crippen molar-refractivity contribution < 1.29 is 22.7 Å². The summed E-state index contributed by atoms with van der Waals surface area (Å²) in [5.74, 6) is 0.305. The lowest BCUT2D eigenvalue weighted by Gasteiger charge is -2.13. The predicted molar refractivity (Wildman–Crippen MR) is 146 cm³/mol. The summed E-state index contributed by atoms with van der Waals surface area (Å²) in [5.41, 5.74) is 2.17. The minimum atomic E-state index is -3.64. The number of carbonyl (C=O) groups is 1. The lowest BCUT2D eigenvalue weighted by molar-refractivity contribution is 0.0977. The van der Waals surface area contributed by atoms with Gasteiger partial charge in [-0.05, 0) is 79.2 Å². The molecule has 3 aromatic rings. The summed E-state index contributed by atoms with van der Waals surface area (Å²) in [6, 6.07) is 23.0. The Balaban J connectivity index is 1.23. The Bertz CT molecular complexity index is 1290. The van der Waals surface area contributed by atoms with Gasteiger partial charge in [0.15, 0.2) is 5.11 Å². The molecule has 3 aromatic carbocycles. The van der Waals surface area contributed by atoms with Gasteiger partial charge in [-0.25, -0.2) is 13.1 Å². The van der Waals surface area contributed by atoms with Crippen LogP contribution >= 0.6 is 12.2 Å². The van der Waals surface area contributed by atoms with Gasteiger partial charge in [-0.3, -0.25) is 10.1 Å². The molecule has 0 spiro atoms. The number of rotatable bonds is 10. The van der Waals surface area contributed by atoms with Crippen LogP contribution < -0.4 is 20.1 Å². The largest absolute Gasteiger partial charge is 0.493 e. The fourth-order valence-electron chi connectivity index (χ4n) is 3.78. The van der Waals surface area contributed by atoms with E-state index in [9.17, 15) is 13.2 Å². The van der Waals surface area contributed by atoms with Crippen LogP contribution in [-0.4, -0.2) is 45.3 Å². The molecule has 0 bridgehead atoms. The number of carbonyl (C=O) groups excluding carboxylic acids is 1. The number of hydrogen-bond acceptors (Lipinski definition) is 6. The summed E-state index contributed by atoms with van der Waals surface area (Å²) in [7, 11) is -3.64. The molecule has 0 aromatic heterocycles. The van der Waals surface area contributed by atoms with E-state index in [-0.39, 0.29) is 28.6 Å². The zero-order valence-corrected chi connectivity index (χ0v) is 21.8. The van der Waals surface area contributed by atoms with E-state index in [4.69, 9.17) is 21.7 Å². The number of hydrogen-bond donors (Lipinski definition) is 3. The zero-order chi connectivity index (χ0) is 26.1. The van der Waals surface area contributed by atoms with Crippen molar-refractivity contribution in [2.24, 2.45) is 0 Å². The SMILES string of the molecule is O=C(NC(=S)Nc1ccc(S(=O)(=O)NCC2CCCO2)cc1)c1ccc(OCCc2ccccc2)cc1. The predicted octanol–water partition coefficient (Wildman–Crippen LogP) is 3.89. The minimum Gasteiger partial charge on any atom is -0.493 e. The van der Waals surface area contributed by atoms with Gasteiger partial charge in [-0.2, -0.15) is 0 Å². The molecule has 4 rings (SSSR count). The molecule has 0 radical (unpaired) electrons. The van der Waals surface area contributed by atoms with Crippen molar-refractivity contribution in [1.82, 2.24) is 10.0 Å². The molecular formula is C27H29N3O5S2. The highest BCUT2D eigenvalue weighted by atomic mass is 32.2. The second-order valence-corrected chi connectivity index (χ2v) is 10.7. The molecule has 1 aliphatic heterocycles. The van der Waals surface area contributed by atoms with Gasteiger partial charge in [0.2, 0.25) is 10.0 Å². The van der Waals surface area contributed by atoms with Crippen molar-refractivity contribution >= 4 is 38.9 Å². The van der Waals surface area contributed by atoms with E-state index in [2.05, 4.69) is 27.5 Å². The van der Waals surface area contributed by atoms with E-state index >= 15 is 0 Å². The maximum absolute atomic E-state index is 12.5. The molecule has 1 fully saturated rings. The topological polar surface area (TPSA) is 106 Å². The third-order valence-electron chi connectivity index (χ3n) is 5.79. The molecule has 1 atom stereocenters. The molecule has 1 amide bonds. The van der Waals surface area contributed by atoms with Crippen molar-refractivity contribution in [3.63, 3.8) is 0 Å². The van der Waals surface area contributed by atoms with Crippen molar-refractivity contribution in [1.29, 1.82) is 0 Å². The zero-order valence-electron chi connectivity index (χ0n) is 20.2. The number of thiocarbonyl (C=S) groups is 1. The Labute approximate surface area is 222 Å². The third kappa shape index (κ3) is 8.09. The van der Waals surface area contributed by atoms with Gasteiger partial charge in [0.25, 0.3) is 5.91 Å². The summed E-state index contributed by atoms with van der Waals surface area (Å²) in [6.45, 7) is 1.45. The summed E-state index contributed by atoms with van der Waals surface area (Å²) in [5, 5.41) is 5.61. The average molecular weight is 540 g/mol. The molecule has 1 saturated heterocycles. The Kier molecular flexibility index (Phi) is 9.24. The van der Waals surface area contributed by atoms with Gasteiger partial charge < -0.3 is 14.8 Å². The van der Waals surface area contributed by atoms with Crippen molar-refractivity contribution in [2.45, 2.75) is 30.3 Å². The number of nitrogens with one attached hydrogen (secondary N) is 3. The molecule has 10 heteroatoms. The second kappa shape index (κ2) is 12.8. The molecular weight excluding hydrogens is 510 g/mol. The summed E-state index contributed by atoms with van der Waals surface area (Å²) >= 11 is 5.24. The van der Waals surface area contributed by atoms with E-state index in [1.807, 2.05) is 18.2 Å². The van der Waals surface area contributed by atoms with Gasteiger partial charge in [0.1, 0.15) is 5.75 Å². The van der Waals surface area contributed by atoms with Crippen LogP contribution in [0.1, 0.15) is 28.8 Å². The smallest absolute Gasteiger partial charge is 0.257 e. The van der Waals surface area contributed by atoms with E-state index in [0.29, 0.717) is 30.2 Å². The molecule has 3 N–H and O–H groups in total. The van der Waals surface area contributed by atoms with Crippen molar-refractivity contribution in [2.75, 3.05) is 25.1 Å². The second-order valence-electron chi connectivity index (χ2n) is 8.53. The number of amides is 1. The normalized spacial score (nSPS) is 15.2. The van der Waals surface area contributed by atoms with Crippen molar-refractivity contribution in [3.05, 3.63) is 90.0 Å². The van der Waals surface area contributed by atoms with Gasteiger partial charge >= 0.3 is 0 Å². The standard InChI is InChI=1S/C27H29N3O5S2/c31-26(21-8-12-23(13-9-21)35-18-16-20-5-2-1-3-6-20)30-27(36)29-22-10-14-25(15-11-22)37(32,33)28-19-24-7-4-17-34-24/h1-3,5-6,8-15,24,28H,4,7,16-19H2,(H2,29,30,31,36). The van der Waals surface area contributed by atoms with Crippen LogP contribution in [0, 0.1) is 0 Å². The Morgan fingerprint density at radius 2 is 1.73 bits per heavy atom. The van der Waals surface area contributed by atoms with Crippen LogP contribution in [0.3, 0.4) is 0 Å². The highest BCUT2D eigenvalue weighted by Gasteiger charge is 2.20. The number of benzene rings is 3. The van der Waals surface area contributed by atoms with Gasteiger partial charge in [-0.15, -0.1) is 0 Å². The quantitative estimate of drug-likeness (QED) is 0.336. The van der Waals surface area contributed by atoms with Crippen LogP contribution in [-0.2, 0) is 21.2 Å². The highest BCUT2D eigenvalue weighted by Crippen LogP contribution is 2.16. The van der Waals surface area contributed by atoms with Gasteiger partial charge in [0, 0.05) is 30.8 Å². The van der Waals surface area contributed by atoms with E-state index in [1.54, 1.807) is 36.4 Å². The first-order valence-electron chi connectivity index (χ1n) is 12.0. The lowest BCUT2D eigenvalue weighted by Crippen LogP contribution is -2.34. The van der Waals surface area contributed by atoms with Crippen LogP contribution in [0.25, 0.3) is 0 Å². The molecule has 1 unspecified atom stereocenters. The third-order valence-corrected chi connectivity index (χ3v) is 7.44. The maximum Gasteiger partial charge on any atom is 0.257 e. The van der Waals surface area contributed by atoms with Gasteiger partial charge in [-0.1, -0.05) is 30.3 Å². The first kappa shape index (κ1) is 26.7. The Morgan fingerprint density at radius 1 is 1.00 bits per heavy atom. The lowest BCUT2D eigenvalue weighted by atomic mass is 10.2. The molecule has 1 aliphatic rings. The molecule has 37 heavy (non-hydrogen) atoms. The van der Waals surface area contributed by atoms with Crippen molar-refractivity contribution in [3.8, 4) is 5.75 Å². The molecule has 1 heterocycles. The van der Waals surface area contributed by atoms with E-state index in [1.165, 1.54) is 17.7 Å². The first-order valence-corrected chi connectivity index (χ1v) is 13.9. The van der Waals surface area contributed by atoms with Crippen LogP contribution in [0.15, 0.2) is 83.8 Å². The fraction of sp³-hybridized carbons (Fsp3) is 0.259. The highest BCUT2D eigenvalue weighted by molar-refractivity contribution is 7.89. The van der Waals surface area contributed by atoms with E-state index < -0.39 is 10.0 Å². The molecule has 8 nitrogen and oxygen atoms in total.